The van der Waals surface area contributed by atoms with E-state index in [1.54, 1.807) is 0 Å². The van der Waals surface area contributed by atoms with E-state index in [2.05, 4.69) is 55.2 Å². The first-order valence-electron chi connectivity index (χ1n) is 9.71. The highest BCUT2D eigenvalue weighted by atomic mass is 32.2. The van der Waals surface area contributed by atoms with Gasteiger partial charge in [-0.25, -0.2) is 0 Å². The fourth-order valence-electron chi connectivity index (χ4n) is 3.41. The Bertz CT molecular complexity index is 816. The second kappa shape index (κ2) is 8.25. The molecule has 0 bridgehead atoms. The quantitative estimate of drug-likeness (QED) is 0.733. The fraction of sp³-hybridized carbons (Fsp3) is 0.571. The van der Waals surface area contributed by atoms with Gasteiger partial charge in [0.1, 0.15) is 0 Å². The molecule has 152 valence electrons. The van der Waals surface area contributed by atoms with E-state index in [1.165, 1.54) is 17.3 Å². The van der Waals surface area contributed by atoms with Crippen LogP contribution in [0.2, 0.25) is 0 Å². The maximum atomic E-state index is 12.6. The molecular weight excluding hydrogens is 372 g/mol. The smallest absolute Gasteiger partial charge is 0.233 e. The van der Waals surface area contributed by atoms with Crippen molar-refractivity contribution in [1.82, 2.24) is 19.7 Å². The third kappa shape index (κ3) is 4.75. The van der Waals surface area contributed by atoms with Gasteiger partial charge in [-0.2, -0.15) is 0 Å². The van der Waals surface area contributed by atoms with E-state index in [0.717, 1.165) is 16.5 Å². The first-order chi connectivity index (χ1) is 13.1. The van der Waals surface area contributed by atoms with Crippen molar-refractivity contribution in [1.29, 1.82) is 0 Å². The van der Waals surface area contributed by atoms with E-state index in [-0.39, 0.29) is 23.5 Å². The number of carbonyl (C=O) groups is 1. The Kier molecular flexibility index (Phi) is 6.15. The van der Waals surface area contributed by atoms with Crippen LogP contribution in [-0.2, 0) is 22.0 Å². The maximum Gasteiger partial charge on any atom is 0.233 e. The number of carbonyl (C=O) groups excluding carboxylic acids is 1. The third-order valence-corrected chi connectivity index (χ3v) is 5.95. The summed E-state index contributed by atoms with van der Waals surface area (Å²) in [7, 11) is 1.94. The van der Waals surface area contributed by atoms with Crippen molar-refractivity contribution >= 4 is 17.7 Å². The van der Waals surface area contributed by atoms with Crippen LogP contribution in [0.1, 0.15) is 40.2 Å². The van der Waals surface area contributed by atoms with Crippen LogP contribution in [-0.4, -0.2) is 56.6 Å². The van der Waals surface area contributed by atoms with Crippen LogP contribution in [0.5, 0.6) is 0 Å². The van der Waals surface area contributed by atoms with E-state index < -0.39 is 0 Å². The van der Waals surface area contributed by atoms with Crippen molar-refractivity contribution in [3.8, 4) is 11.4 Å². The maximum absolute atomic E-state index is 12.6. The van der Waals surface area contributed by atoms with E-state index in [0.29, 0.717) is 18.8 Å². The summed E-state index contributed by atoms with van der Waals surface area (Å²) >= 11 is 1.43. The molecule has 0 aliphatic carbocycles. The second-order valence-corrected chi connectivity index (χ2v) is 9.48. The van der Waals surface area contributed by atoms with Crippen LogP contribution in [0, 0.1) is 0 Å². The summed E-state index contributed by atoms with van der Waals surface area (Å²) in [6.45, 7) is 11.9. The Morgan fingerprint density at radius 3 is 2.32 bits per heavy atom. The van der Waals surface area contributed by atoms with Crippen LogP contribution < -0.4 is 0 Å². The molecule has 0 saturated carbocycles. The molecule has 1 aromatic heterocycles. The van der Waals surface area contributed by atoms with Gasteiger partial charge in [-0.3, -0.25) is 4.79 Å². The molecule has 2 heterocycles. The van der Waals surface area contributed by atoms with Crippen LogP contribution >= 0.6 is 11.8 Å². The van der Waals surface area contributed by atoms with Gasteiger partial charge in [-0.1, -0.05) is 56.8 Å². The van der Waals surface area contributed by atoms with Gasteiger partial charge < -0.3 is 14.2 Å². The number of amides is 1. The summed E-state index contributed by atoms with van der Waals surface area (Å²) in [5.41, 5.74) is 2.43. The van der Waals surface area contributed by atoms with E-state index >= 15 is 0 Å². The van der Waals surface area contributed by atoms with Crippen molar-refractivity contribution in [2.75, 3.05) is 18.8 Å². The molecule has 3 rings (SSSR count). The van der Waals surface area contributed by atoms with Crippen LogP contribution in [0.3, 0.4) is 0 Å². The average Bonchev–Trinajstić information content (AvgIpc) is 2.99. The van der Waals surface area contributed by atoms with Crippen molar-refractivity contribution in [3.05, 3.63) is 29.8 Å². The summed E-state index contributed by atoms with van der Waals surface area (Å²) in [5, 5.41) is 9.38. The first kappa shape index (κ1) is 20.9. The monoisotopic (exact) mass is 402 g/mol. The van der Waals surface area contributed by atoms with Gasteiger partial charge in [-0.15, -0.1) is 10.2 Å². The molecule has 28 heavy (non-hydrogen) atoms. The summed E-state index contributed by atoms with van der Waals surface area (Å²) in [6.07, 6.45) is 0.158. The number of aromatic nitrogens is 3. The number of rotatable bonds is 4. The molecule has 1 aliphatic heterocycles. The topological polar surface area (TPSA) is 60.2 Å². The summed E-state index contributed by atoms with van der Waals surface area (Å²) in [4.78, 5) is 14.5. The molecule has 1 amide bonds. The zero-order chi connectivity index (χ0) is 20.5. The SMILES string of the molecule is C[C@@H]1CN(C(=O)CSc2nnc(-c3ccc(C(C)(C)C)cc3)n2C)C[C@H](C)O1. The summed E-state index contributed by atoms with van der Waals surface area (Å²) in [5.74, 6) is 1.28. The molecule has 6 nitrogen and oxygen atoms in total. The van der Waals surface area contributed by atoms with Crippen molar-refractivity contribution < 1.29 is 9.53 Å². The highest BCUT2D eigenvalue weighted by Crippen LogP contribution is 2.27. The Hall–Kier alpha value is -1.86. The Labute approximate surface area is 171 Å². The summed E-state index contributed by atoms with van der Waals surface area (Å²) in [6, 6.07) is 8.45. The van der Waals surface area contributed by atoms with Gasteiger partial charge in [0.25, 0.3) is 0 Å². The van der Waals surface area contributed by atoms with Crippen LogP contribution in [0.25, 0.3) is 11.4 Å². The molecule has 1 aromatic carbocycles. The molecule has 2 aromatic rings. The van der Waals surface area contributed by atoms with Gasteiger partial charge in [0.2, 0.25) is 5.91 Å². The average molecular weight is 403 g/mol. The minimum Gasteiger partial charge on any atom is -0.372 e. The lowest BCUT2D eigenvalue weighted by atomic mass is 9.87. The molecule has 1 saturated heterocycles. The molecular formula is C21H30N4O2S. The molecule has 0 radical (unpaired) electrons. The second-order valence-electron chi connectivity index (χ2n) is 8.54. The number of nitrogens with zero attached hydrogens (tertiary/aromatic N) is 4. The first-order valence-corrected chi connectivity index (χ1v) is 10.7. The zero-order valence-electron chi connectivity index (χ0n) is 17.6. The standard InChI is InChI=1S/C21H30N4O2S/c1-14-11-25(12-15(2)27-14)18(26)13-28-20-23-22-19(24(20)6)16-7-9-17(10-8-16)21(3,4)5/h7-10,14-15H,11-13H2,1-6H3/t14-,15+. The minimum atomic E-state index is 0.0789. The lowest BCUT2D eigenvalue weighted by molar-refractivity contribution is -0.140. The predicted molar refractivity (Wildman–Crippen MR) is 112 cm³/mol. The lowest BCUT2D eigenvalue weighted by Gasteiger charge is -2.35. The molecule has 1 aliphatic rings. The number of benzene rings is 1. The van der Waals surface area contributed by atoms with Crippen molar-refractivity contribution in [3.63, 3.8) is 0 Å². The number of hydrogen-bond acceptors (Lipinski definition) is 5. The number of thioether (sulfide) groups is 1. The predicted octanol–water partition coefficient (Wildman–Crippen LogP) is 3.51. The number of ether oxygens (including phenoxy) is 1. The number of hydrogen-bond donors (Lipinski definition) is 0. The van der Waals surface area contributed by atoms with Gasteiger partial charge in [0.05, 0.1) is 18.0 Å². The molecule has 0 N–H and O–H groups in total. The van der Waals surface area contributed by atoms with Crippen molar-refractivity contribution in [2.24, 2.45) is 7.05 Å². The van der Waals surface area contributed by atoms with Crippen molar-refractivity contribution in [2.45, 2.75) is 57.4 Å². The number of morpholine rings is 1. The molecule has 1 fully saturated rings. The molecule has 2 atom stereocenters. The summed E-state index contributed by atoms with van der Waals surface area (Å²) < 4.78 is 7.66. The van der Waals surface area contributed by atoms with E-state index in [1.807, 2.05) is 30.4 Å². The van der Waals surface area contributed by atoms with E-state index in [9.17, 15) is 4.79 Å². The van der Waals surface area contributed by atoms with Crippen LogP contribution in [0.15, 0.2) is 29.4 Å². The van der Waals surface area contributed by atoms with Gasteiger partial charge in [-0.05, 0) is 24.8 Å². The normalized spacial score (nSPS) is 20.4. The molecule has 0 unspecified atom stereocenters. The van der Waals surface area contributed by atoms with Gasteiger partial charge >= 0.3 is 0 Å². The van der Waals surface area contributed by atoms with Gasteiger partial charge in [0, 0.05) is 25.7 Å². The largest absolute Gasteiger partial charge is 0.372 e. The zero-order valence-corrected chi connectivity index (χ0v) is 18.4. The molecule has 7 heteroatoms. The highest BCUT2D eigenvalue weighted by Gasteiger charge is 2.26. The van der Waals surface area contributed by atoms with E-state index in [4.69, 9.17) is 4.74 Å². The third-order valence-electron chi connectivity index (χ3n) is 4.94. The minimum absolute atomic E-state index is 0.0789. The Morgan fingerprint density at radius 1 is 1.14 bits per heavy atom. The van der Waals surface area contributed by atoms with Gasteiger partial charge in [0.15, 0.2) is 11.0 Å². The Balaban J connectivity index is 1.65. The lowest BCUT2D eigenvalue weighted by Crippen LogP contribution is -2.48. The van der Waals surface area contributed by atoms with Crippen LogP contribution in [0.4, 0.5) is 0 Å². The molecule has 0 spiro atoms. The fourth-order valence-corrected chi connectivity index (χ4v) is 4.22. The highest BCUT2D eigenvalue weighted by molar-refractivity contribution is 7.99. The Morgan fingerprint density at radius 2 is 1.75 bits per heavy atom.